The standard InChI is InChI=1S/C5H6BrFN2/c1-2-9-5(7)4(6)3-8-9/h3H,2H2,1H3. The van der Waals surface area contributed by atoms with Crippen LogP contribution in [0.2, 0.25) is 0 Å². The zero-order valence-electron chi connectivity index (χ0n) is 4.93. The van der Waals surface area contributed by atoms with Crippen molar-refractivity contribution >= 4 is 15.9 Å². The Kier molecular flexibility index (Phi) is 1.85. The molecule has 0 bridgehead atoms. The van der Waals surface area contributed by atoms with Gasteiger partial charge in [0.25, 0.3) is 0 Å². The molecule has 0 saturated heterocycles. The monoisotopic (exact) mass is 192 g/mol. The molecule has 1 rings (SSSR count). The molecule has 1 aromatic heterocycles. The van der Waals surface area contributed by atoms with E-state index in [1.54, 1.807) is 0 Å². The Labute approximate surface area is 60.8 Å². The van der Waals surface area contributed by atoms with Crippen LogP contribution in [0.15, 0.2) is 10.7 Å². The van der Waals surface area contributed by atoms with Crippen molar-refractivity contribution in [1.82, 2.24) is 9.78 Å². The number of nitrogens with zero attached hydrogens (tertiary/aromatic N) is 2. The predicted octanol–water partition coefficient (Wildman–Crippen LogP) is 1.80. The molecule has 0 saturated carbocycles. The lowest BCUT2D eigenvalue weighted by atomic mass is 10.7. The van der Waals surface area contributed by atoms with Gasteiger partial charge in [-0.2, -0.15) is 9.49 Å². The van der Waals surface area contributed by atoms with Crippen molar-refractivity contribution in [3.8, 4) is 0 Å². The van der Waals surface area contributed by atoms with Gasteiger partial charge in [-0.3, -0.25) is 0 Å². The minimum Gasteiger partial charge on any atom is -0.239 e. The van der Waals surface area contributed by atoms with Crippen LogP contribution in [-0.4, -0.2) is 9.78 Å². The highest BCUT2D eigenvalue weighted by molar-refractivity contribution is 9.10. The normalized spacial score (nSPS) is 10.1. The highest BCUT2D eigenvalue weighted by Gasteiger charge is 2.03. The van der Waals surface area contributed by atoms with Crippen molar-refractivity contribution in [3.05, 3.63) is 16.6 Å². The average molecular weight is 193 g/mol. The first-order valence-corrected chi connectivity index (χ1v) is 3.41. The second-order valence-electron chi connectivity index (χ2n) is 1.60. The molecule has 50 valence electrons. The zero-order chi connectivity index (χ0) is 6.85. The lowest BCUT2D eigenvalue weighted by Crippen LogP contribution is -1.98. The summed E-state index contributed by atoms with van der Waals surface area (Å²) in [7, 11) is 0. The summed E-state index contributed by atoms with van der Waals surface area (Å²) >= 11 is 3.00. The smallest absolute Gasteiger partial charge is 0.225 e. The minimum atomic E-state index is -0.308. The van der Waals surface area contributed by atoms with E-state index < -0.39 is 0 Å². The summed E-state index contributed by atoms with van der Waals surface area (Å²) in [5.74, 6) is -0.308. The van der Waals surface area contributed by atoms with Crippen molar-refractivity contribution in [1.29, 1.82) is 0 Å². The van der Waals surface area contributed by atoms with E-state index in [4.69, 9.17) is 0 Å². The first-order valence-electron chi connectivity index (χ1n) is 2.62. The van der Waals surface area contributed by atoms with Crippen LogP contribution in [-0.2, 0) is 6.54 Å². The maximum Gasteiger partial charge on any atom is 0.225 e. The molecule has 0 spiro atoms. The topological polar surface area (TPSA) is 17.8 Å². The van der Waals surface area contributed by atoms with Gasteiger partial charge < -0.3 is 0 Å². The van der Waals surface area contributed by atoms with Crippen LogP contribution in [0.4, 0.5) is 4.39 Å². The molecular weight excluding hydrogens is 187 g/mol. The molecule has 0 fully saturated rings. The molecule has 0 aliphatic carbocycles. The Morgan fingerprint density at radius 1 is 1.89 bits per heavy atom. The highest BCUT2D eigenvalue weighted by atomic mass is 79.9. The van der Waals surface area contributed by atoms with Gasteiger partial charge in [0.2, 0.25) is 5.95 Å². The van der Waals surface area contributed by atoms with Crippen LogP contribution in [0.3, 0.4) is 0 Å². The van der Waals surface area contributed by atoms with E-state index >= 15 is 0 Å². The number of hydrogen-bond acceptors (Lipinski definition) is 1. The van der Waals surface area contributed by atoms with E-state index in [9.17, 15) is 4.39 Å². The first-order chi connectivity index (χ1) is 4.25. The Morgan fingerprint density at radius 3 is 2.78 bits per heavy atom. The van der Waals surface area contributed by atoms with E-state index in [2.05, 4.69) is 21.0 Å². The quantitative estimate of drug-likeness (QED) is 0.664. The van der Waals surface area contributed by atoms with Gasteiger partial charge in [0, 0.05) is 6.54 Å². The third-order valence-corrected chi connectivity index (χ3v) is 1.57. The zero-order valence-corrected chi connectivity index (χ0v) is 6.52. The van der Waals surface area contributed by atoms with E-state index in [1.807, 2.05) is 6.92 Å². The minimum absolute atomic E-state index is 0.308. The third-order valence-electron chi connectivity index (χ3n) is 1.03. The van der Waals surface area contributed by atoms with Crippen molar-refractivity contribution in [2.45, 2.75) is 13.5 Å². The van der Waals surface area contributed by atoms with Gasteiger partial charge in [0.15, 0.2) is 0 Å². The van der Waals surface area contributed by atoms with Gasteiger partial charge in [-0.05, 0) is 22.9 Å². The first kappa shape index (κ1) is 6.74. The summed E-state index contributed by atoms with van der Waals surface area (Å²) in [5, 5.41) is 3.73. The summed E-state index contributed by atoms with van der Waals surface area (Å²) in [4.78, 5) is 0. The molecule has 4 heteroatoms. The van der Waals surface area contributed by atoms with Gasteiger partial charge in [0.05, 0.1) is 10.7 Å². The Bertz CT molecular complexity index is 209. The van der Waals surface area contributed by atoms with E-state index in [1.165, 1.54) is 10.9 Å². The van der Waals surface area contributed by atoms with Gasteiger partial charge in [-0.1, -0.05) is 0 Å². The summed E-state index contributed by atoms with van der Waals surface area (Å²) in [6.07, 6.45) is 1.44. The molecule has 9 heavy (non-hydrogen) atoms. The molecule has 2 nitrogen and oxygen atoms in total. The fourth-order valence-electron chi connectivity index (χ4n) is 0.568. The van der Waals surface area contributed by atoms with Gasteiger partial charge in [0.1, 0.15) is 0 Å². The van der Waals surface area contributed by atoms with Crippen LogP contribution in [0.5, 0.6) is 0 Å². The van der Waals surface area contributed by atoms with Crippen LogP contribution in [0, 0.1) is 5.95 Å². The molecular formula is C5H6BrFN2. The van der Waals surface area contributed by atoms with E-state index in [0.717, 1.165) is 0 Å². The number of rotatable bonds is 1. The lowest BCUT2D eigenvalue weighted by Gasteiger charge is -1.92. The Hall–Kier alpha value is -0.380. The fraction of sp³-hybridized carbons (Fsp3) is 0.400. The number of halogens is 2. The predicted molar refractivity (Wildman–Crippen MR) is 35.6 cm³/mol. The molecule has 0 N–H and O–H groups in total. The largest absolute Gasteiger partial charge is 0.239 e. The molecule has 0 atom stereocenters. The highest BCUT2D eigenvalue weighted by Crippen LogP contribution is 2.12. The molecule has 0 radical (unpaired) electrons. The molecule has 0 unspecified atom stereocenters. The fourth-order valence-corrected chi connectivity index (χ4v) is 0.864. The molecule has 0 aliphatic heterocycles. The molecule has 0 aliphatic rings. The second kappa shape index (κ2) is 2.47. The summed E-state index contributed by atoms with van der Waals surface area (Å²) < 4.78 is 14.3. The van der Waals surface area contributed by atoms with Gasteiger partial charge in [-0.15, -0.1) is 0 Å². The summed E-state index contributed by atoms with van der Waals surface area (Å²) in [6, 6.07) is 0. The molecule has 1 aromatic rings. The van der Waals surface area contributed by atoms with Crippen LogP contribution in [0.1, 0.15) is 6.92 Å². The molecule has 0 aromatic carbocycles. The van der Waals surface area contributed by atoms with Crippen LogP contribution < -0.4 is 0 Å². The SMILES string of the molecule is CCn1ncc(Br)c1F. The van der Waals surface area contributed by atoms with Crippen LogP contribution >= 0.6 is 15.9 Å². The Morgan fingerprint density at radius 2 is 2.56 bits per heavy atom. The van der Waals surface area contributed by atoms with Crippen molar-refractivity contribution in [2.75, 3.05) is 0 Å². The summed E-state index contributed by atoms with van der Waals surface area (Å²) in [6.45, 7) is 2.40. The van der Waals surface area contributed by atoms with Gasteiger partial charge in [-0.25, -0.2) is 4.68 Å². The third kappa shape index (κ3) is 1.13. The van der Waals surface area contributed by atoms with Crippen molar-refractivity contribution in [2.24, 2.45) is 0 Å². The summed E-state index contributed by atoms with van der Waals surface area (Å²) in [5.41, 5.74) is 0. The lowest BCUT2D eigenvalue weighted by molar-refractivity contribution is 0.468. The number of aromatic nitrogens is 2. The van der Waals surface area contributed by atoms with Crippen molar-refractivity contribution in [3.63, 3.8) is 0 Å². The maximum atomic E-state index is 12.6. The van der Waals surface area contributed by atoms with Crippen LogP contribution in [0.25, 0.3) is 0 Å². The average Bonchev–Trinajstić information content (AvgIpc) is 2.15. The van der Waals surface area contributed by atoms with E-state index in [0.29, 0.717) is 11.0 Å². The second-order valence-corrected chi connectivity index (χ2v) is 2.45. The van der Waals surface area contributed by atoms with Crippen molar-refractivity contribution < 1.29 is 4.39 Å². The van der Waals surface area contributed by atoms with Gasteiger partial charge >= 0.3 is 0 Å². The number of aryl methyl sites for hydroxylation is 1. The number of hydrogen-bond donors (Lipinski definition) is 0. The Balaban J connectivity index is 3.04. The molecule has 0 amide bonds. The maximum absolute atomic E-state index is 12.6. The molecule has 1 heterocycles. The van der Waals surface area contributed by atoms with E-state index in [-0.39, 0.29) is 5.95 Å².